The number of ether oxygens (including phenoxy) is 1. The fraction of sp³-hybridized carbons (Fsp3) is 0.700. The second-order valence-electron chi connectivity index (χ2n) is 4.62. The zero-order valence-corrected chi connectivity index (χ0v) is 11.6. The van der Waals surface area contributed by atoms with Crippen molar-refractivity contribution in [3.63, 3.8) is 0 Å². The number of urea groups is 1. The van der Waals surface area contributed by atoms with Crippen molar-refractivity contribution in [3.8, 4) is 0 Å². The van der Waals surface area contributed by atoms with Crippen LogP contribution in [-0.4, -0.2) is 53.2 Å². The van der Waals surface area contributed by atoms with Crippen molar-refractivity contribution >= 4 is 22.5 Å². The molecular formula is C10H16N4O3S. The molecule has 1 saturated heterocycles. The van der Waals surface area contributed by atoms with Crippen LogP contribution in [0.25, 0.3) is 0 Å². The quantitative estimate of drug-likeness (QED) is 0.872. The predicted octanol–water partition coefficient (Wildman–Crippen LogP) is 0.610. The van der Waals surface area contributed by atoms with Gasteiger partial charge in [0.05, 0.1) is 6.54 Å². The minimum Gasteiger partial charge on any atom is -0.372 e. The molecule has 0 spiro atoms. The van der Waals surface area contributed by atoms with Crippen LogP contribution in [0.4, 0.5) is 9.93 Å². The Kier molecular flexibility index (Phi) is 3.26. The maximum atomic E-state index is 11.8. The van der Waals surface area contributed by atoms with Gasteiger partial charge >= 0.3 is 6.03 Å². The summed E-state index contributed by atoms with van der Waals surface area (Å²) in [4.78, 5) is 14.5. The number of nitrogens with zero attached hydrogens (tertiary/aromatic N) is 4. The first-order valence-corrected chi connectivity index (χ1v) is 6.30. The number of rotatable bonds is 3. The van der Waals surface area contributed by atoms with Crippen LogP contribution in [0, 0.1) is 0 Å². The molecule has 8 heteroatoms. The van der Waals surface area contributed by atoms with Crippen molar-refractivity contribution in [2.75, 3.05) is 25.6 Å². The molecule has 0 aromatic carbocycles. The molecule has 2 rings (SSSR count). The average molecular weight is 272 g/mol. The SMILES string of the molecule is COC(C)(C)c1nnc(N2C(=O)N(C)CC2O)s1. The van der Waals surface area contributed by atoms with Crippen molar-refractivity contribution in [3.05, 3.63) is 5.01 Å². The van der Waals surface area contributed by atoms with Crippen LogP contribution >= 0.6 is 11.3 Å². The van der Waals surface area contributed by atoms with Gasteiger partial charge in [0, 0.05) is 14.2 Å². The number of anilines is 1. The lowest BCUT2D eigenvalue weighted by Gasteiger charge is -2.19. The van der Waals surface area contributed by atoms with E-state index in [9.17, 15) is 9.90 Å². The first-order chi connectivity index (χ1) is 8.36. The summed E-state index contributed by atoms with van der Waals surface area (Å²) in [5.74, 6) is 0. The summed E-state index contributed by atoms with van der Waals surface area (Å²) in [6.07, 6.45) is -0.881. The highest BCUT2D eigenvalue weighted by atomic mass is 32.1. The molecular weight excluding hydrogens is 256 g/mol. The molecule has 1 aromatic heterocycles. The van der Waals surface area contributed by atoms with E-state index in [-0.39, 0.29) is 12.6 Å². The lowest BCUT2D eigenvalue weighted by atomic mass is 10.1. The molecule has 100 valence electrons. The van der Waals surface area contributed by atoms with Gasteiger partial charge in [0.2, 0.25) is 5.13 Å². The summed E-state index contributed by atoms with van der Waals surface area (Å²) in [7, 11) is 3.22. The van der Waals surface area contributed by atoms with E-state index in [1.54, 1.807) is 14.2 Å². The number of methoxy groups -OCH3 is 1. The van der Waals surface area contributed by atoms with Gasteiger partial charge in [-0.05, 0) is 13.8 Å². The predicted molar refractivity (Wildman–Crippen MR) is 66.5 cm³/mol. The topological polar surface area (TPSA) is 78.8 Å². The van der Waals surface area contributed by atoms with E-state index >= 15 is 0 Å². The van der Waals surface area contributed by atoms with Gasteiger partial charge in [0.1, 0.15) is 5.60 Å². The Labute approximate surface area is 109 Å². The Morgan fingerprint density at radius 3 is 2.67 bits per heavy atom. The molecule has 7 nitrogen and oxygen atoms in total. The number of aliphatic hydroxyl groups is 1. The fourth-order valence-corrected chi connectivity index (χ4v) is 2.53. The van der Waals surface area contributed by atoms with Crippen LogP contribution in [-0.2, 0) is 10.3 Å². The molecule has 0 radical (unpaired) electrons. The summed E-state index contributed by atoms with van der Waals surface area (Å²) in [6, 6.07) is -0.277. The third-order valence-corrected chi connectivity index (χ3v) is 4.14. The van der Waals surface area contributed by atoms with Gasteiger partial charge in [-0.2, -0.15) is 0 Å². The van der Waals surface area contributed by atoms with Gasteiger partial charge in [0.15, 0.2) is 11.2 Å². The first-order valence-electron chi connectivity index (χ1n) is 5.48. The average Bonchev–Trinajstić information content (AvgIpc) is 2.86. The van der Waals surface area contributed by atoms with Crippen molar-refractivity contribution in [1.82, 2.24) is 15.1 Å². The van der Waals surface area contributed by atoms with Crippen molar-refractivity contribution in [2.45, 2.75) is 25.7 Å². The van der Waals surface area contributed by atoms with Gasteiger partial charge in [-0.1, -0.05) is 11.3 Å². The highest BCUT2D eigenvalue weighted by Gasteiger charge is 2.38. The zero-order chi connectivity index (χ0) is 13.5. The van der Waals surface area contributed by atoms with E-state index in [1.165, 1.54) is 21.1 Å². The van der Waals surface area contributed by atoms with Crippen molar-refractivity contribution in [1.29, 1.82) is 0 Å². The number of aromatic nitrogens is 2. The number of hydrogen-bond donors (Lipinski definition) is 1. The molecule has 1 aromatic rings. The van der Waals surface area contributed by atoms with Gasteiger partial charge in [-0.25, -0.2) is 9.69 Å². The van der Waals surface area contributed by atoms with Crippen LogP contribution in [0.5, 0.6) is 0 Å². The number of carbonyl (C=O) groups excluding carboxylic acids is 1. The third-order valence-electron chi connectivity index (χ3n) is 2.91. The minimum absolute atomic E-state index is 0.265. The lowest BCUT2D eigenvalue weighted by molar-refractivity contribution is 0.0185. The summed E-state index contributed by atoms with van der Waals surface area (Å²) >= 11 is 1.24. The largest absolute Gasteiger partial charge is 0.372 e. The second-order valence-corrected chi connectivity index (χ2v) is 5.57. The van der Waals surface area contributed by atoms with Gasteiger partial charge in [-0.15, -0.1) is 10.2 Å². The summed E-state index contributed by atoms with van der Waals surface area (Å²) in [6.45, 7) is 4.00. The summed E-state index contributed by atoms with van der Waals surface area (Å²) in [5.41, 5.74) is -0.560. The van der Waals surface area contributed by atoms with E-state index in [1.807, 2.05) is 13.8 Å². The number of hydrogen-bond acceptors (Lipinski definition) is 6. The second kappa shape index (κ2) is 4.45. The number of carbonyl (C=O) groups is 1. The summed E-state index contributed by atoms with van der Waals surface area (Å²) in [5, 5.41) is 18.8. The molecule has 18 heavy (non-hydrogen) atoms. The van der Waals surface area contributed by atoms with E-state index in [2.05, 4.69) is 10.2 Å². The van der Waals surface area contributed by atoms with Gasteiger partial charge in [-0.3, -0.25) is 0 Å². The molecule has 1 fully saturated rings. The Bertz CT molecular complexity index is 462. The highest BCUT2D eigenvalue weighted by molar-refractivity contribution is 7.15. The van der Waals surface area contributed by atoms with Gasteiger partial charge < -0.3 is 14.7 Å². The molecule has 0 aliphatic carbocycles. The normalized spacial score (nSPS) is 20.9. The number of aliphatic hydroxyl groups excluding tert-OH is 1. The molecule has 2 heterocycles. The van der Waals surface area contributed by atoms with Crippen LogP contribution in [0.2, 0.25) is 0 Å². The third kappa shape index (κ3) is 2.06. The maximum Gasteiger partial charge on any atom is 0.328 e. The first kappa shape index (κ1) is 13.2. The number of amides is 2. The molecule has 1 unspecified atom stereocenters. The van der Waals surface area contributed by atoms with Crippen LogP contribution in [0.15, 0.2) is 0 Å². The van der Waals surface area contributed by atoms with Crippen molar-refractivity contribution < 1.29 is 14.6 Å². The van der Waals surface area contributed by atoms with E-state index in [0.29, 0.717) is 10.1 Å². The Balaban J connectivity index is 2.28. The van der Waals surface area contributed by atoms with Crippen LogP contribution in [0.3, 0.4) is 0 Å². The van der Waals surface area contributed by atoms with Gasteiger partial charge in [0.25, 0.3) is 0 Å². The molecule has 1 N–H and O–H groups in total. The molecule has 0 saturated carbocycles. The fourth-order valence-electron chi connectivity index (χ4n) is 1.57. The lowest BCUT2D eigenvalue weighted by Crippen LogP contribution is -2.34. The Hall–Kier alpha value is -1.25. The maximum absolute atomic E-state index is 11.8. The van der Waals surface area contributed by atoms with E-state index in [0.717, 1.165) is 0 Å². The summed E-state index contributed by atoms with van der Waals surface area (Å²) < 4.78 is 5.31. The number of β-amino-alcohol motifs (C(OH)–C–C–N with tert-alkyl or cyclic N) is 1. The zero-order valence-electron chi connectivity index (χ0n) is 10.7. The smallest absolute Gasteiger partial charge is 0.328 e. The Morgan fingerprint density at radius 2 is 2.17 bits per heavy atom. The molecule has 0 bridgehead atoms. The molecule has 1 atom stereocenters. The monoisotopic (exact) mass is 272 g/mol. The van der Waals surface area contributed by atoms with Crippen LogP contribution in [0.1, 0.15) is 18.9 Å². The van der Waals surface area contributed by atoms with Crippen LogP contribution < -0.4 is 4.90 Å². The standard InChI is InChI=1S/C10H16N4O3S/c1-10(2,17-4)7-11-12-8(18-7)14-6(15)5-13(3)9(14)16/h6,15H,5H2,1-4H3. The van der Waals surface area contributed by atoms with E-state index < -0.39 is 11.8 Å². The van der Waals surface area contributed by atoms with Crippen molar-refractivity contribution in [2.24, 2.45) is 0 Å². The number of likely N-dealkylation sites (N-methyl/N-ethyl adjacent to an activating group) is 1. The van der Waals surface area contributed by atoms with E-state index in [4.69, 9.17) is 4.74 Å². The molecule has 1 aliphatic heterocycles. The molecule has 1 aliphatic rings. The Morgan fingerprint density at radius 1 is 1.50 bits per heavy atom. The molecule has 2 amide bonds. The minimum atomic E-state index is -0.881. The highest BCUT2D eigenvalue weighted by Crippen LogP contribution is 2.32.